The van der Waals surface area contributed by atoms with E-state index in [4.69, 9.17) is 16.6 Å². The number of benzene rings is 1. The molecular weight excluding hydrogens is 274 g/mol. The van der Waals surface area contributed by atoms with Crippen LogP contribution >= 0.6 is 12.2 Å². The zero-order valence-electron chi connectivity index (χ0n) is 10.5. The number of fused-ring (bicyclic) bond motifs is 2. The largest absolute Gasteiger partial charge is 0.417 e. The van der Waals surface area contributed by atoms with E-state index in [9.17, 15) is 0 Å². The summed E-state index contributed by atoms with van der Waals surface area (Å²) >= 11 is 5.18. The topological polar surface area (TPSA) is 72.0 Å². The minimum atomic E-state index is 0.461. The first-order valence-corrected chi connectivity index (χ1v) is 6.44. The van der Waals surface area contributed by atoms with Crippen LogP contribution in [0.5, 0.6) is 0 Å². The molecule has 98 valence electrons. The Kier molecular flexibility index (Phi) is 2.25. The number of aromatic nitrogens is 5. The van der Waals surface area contributed by atoms with Gasteiger partial charge in [-0.05, 0) is 31.3 Å². The van der Waals surface area contributed by atoms with Crippen molar-refractivity contribution < 1.29 is 4.42 Å². The second kappa shape index (κ2) is 3.97. The van der Waals surface area contributed by atoms with Crippen molar-refractivity contribution in [1.82, 2.24) is 24.6 Å². The SMILES string of the molecule is Cc1c2nc(-c3ccccc3)oc2nc2n[nH]c(=S)n12. The Hall–Kier alpha value is -2.54. The van der Waals surface area contributed by atoms with Crippen LogP contribution in [-0.2, 0) is 0 Å². The molecule has 0 amide bonds. The number of oxazole rings is 1. The fraction of sp³-hybridized carbons (Fsp3) is 0.0769. The molecule has 0 bridgehead atoms. The number of nitrogens with zero attached hydrogens (tertiary/aromatic N) is 4. The maximum absolute atomic E-state index is 5.73. The number of hydrogen-bond acceptors (Lipinski definition) is 5. The average Bonchev–Trinajstić information content (AvgIpc) is 3.05. The quantitative estimate of drug-likeness (QED) is 0.544. The molecule has 20 heavy (non-hydrogen) atoms. The van der Waals surface area contributed by atoms with Gasteiger partial charge in [0.1, 0.15) is 5.52 Å². The van der Waals surface area contributed by atoms with Crippen LogP contribution < -0.4 is 0 Å². The highest BCUT2D eigenvalue weighted by Crippen LogP contribution is 2.25. The molecule has 0 saturated heterocycles. The van der Waals surface area contributed by atoms with Crippen molar-refractivity contribution >= 4 is 29.2 Å². The van der Waals surface area contributed by atoms with Gasteiger partial charge in [-0.3, -0.25) is 4.40 Å². The molecule has 7 heteroatoms. The van der Waals surface area contributed by atoms with E-state index >= 15 is 0 Å². The van der Waals surface area contributed by atoms with Crippen LogP contribution in [0.25, 0.3) is 28.5 Å². The molecule has 4 rings (SSSR count). The third-order valence-corrected chi connectivity index (χ3v) is 3.44. The molecule has 0 aliphatic carbocycles. The van der Waals surface area contributed by atoms with Crippen molar-refractivity contribution in [2.45, 2.75) is 6.92 Å². The second-order valence-corrected chi connectivity index (χ2v) is 4.79. The fourth-order valence-electron chi connectivity index (χ4n) is 2.19. The normalized spacial score (nSPS) is 11.4. The van der Waals surface area contributed by atoms with Gasteiger partial charge in [-0.25, -0.2) is 10.1 Å². The highest BCUT2D eigenvalue weighted by Gasteiger charge is 2.15. The summed E-state index contributed by atoms with van der Waals surface area (Å²) < 4.78 is 7.97. The molecule has 4 aromatic rings. The molecule has 0 saturated carbocycles. The van der Waals surface area contributed by atoms with Gasteiger partial charge in [0.25, 0.3) is 11.5 Å². The fourth-order valence-corrected chi connectivity index (χ4v) is 2.45. The standard InChI is InChI=1S/C13H9N5OS/c1-7-9-11(15-12-16-17-13(20)18(7)12)19-10(14-9)8-5-3-2-4-6-8/h2-6H,1H3,(H,17,20). The molecule has 0 aliphatic heterocycles. The number of nitrogens with one attached hydrogen (secondary N) is 1. The van der Waals surface area contributed by atoms with Crippen LogP contribution in [0.15, 0.2) is 34.7 Å². The van der Waals surface area contributed by atoms with Gasteiger partial charge in [-0.15, -0.1) is 5.10 Å². The summed E-state index contributed by atoms with van der Waals surface area (Å²) in [6.07, 6.45) is 0. The molecular formula is C13H9N5OS. The van der Waals surface area contributed by atoms with Crippen LogP contribution in [0.4, 0.5) is 0 Å². The van der Waals surface area contributed by atoms with E-state index in [-0.39, 0.29) is 0 Å². The van der Waals surface area contributed by atoms with Gasteiger partial charge in [0.15, 0.2) is 0 Å². The van der Waals surface area contributed by atoms with Gasteiger partial charge < -0.3 is 4.42 Å². The summed E-state index contributed by atoms with van der Waals surface area (Å²) in [5, 5.41) is 6.77. The van der Waals surface area contributed by atoms with Gasteiger partial charge in [0.2, 0.25) is 10.7 Å². The monoisotopic (exact) mass is 283 g/mol. The molecule has 1 aromatic carbocycles. The predicted molar refractivity (Wildman–Crippen MR) is 75.9 cm³/mol. The lowest BCUT2D eigenvalue weighted by atomic mass is 10.2. The summed E-state index contributed by atoms with van der Waals surface area (Å²) in [5.74, 6) is 1.02. The summed E-state index contributed by atoms with van der Waals surface area (Å²) in [6, 6.07) is 9.71. The van der Waals surface area contributed by atoms with E-state index in [0.29, 0.717) is 27.7 Å². The molecule has 1 N–H and O–H groups in total. The van der Waals surface area contributed by atoms with E-state index in [2.05, 4.69) is 20.2 Å². The third-order valence-electron chi connectivity index (χ3n) is 3.16. The predicted octanol–water partition coefficient (Wildman–Crippen LogP) is 2.90. The Labute approximate surface area is 118 Å². The van der Waals surface area contributed by atoms with E-state index < -0.39 is 0 Å². The smallest absolute Gasteiger partial charge is 0.257 e. The van der Waals surface area contributed by atoms with Gasteiger partial charge in [-0.1, -0.05) is 18.2 Å². The molecule has 0 atom stereocenters. The van der Waals surface area contributed by atoms with Crippen molar-refractivity contribution in [1.29, 1.82) is 0 Å². The van der Waals surface area contributed by atoms with Crippen molar-refractivity contribution in [3.8, 4) is 11.5 Å². The van der Waals surface area contributed by atoms with E-state index in [1.807, 2.05) is 37.3 Å². The van der Waals surface area contributed by atoms with Crippen LogP contribution in [0, 0.1) is 11.7 Å². The summed E-state index contributed by atoms with van der Waals surface area (Å²) in [5.41, 5.74) is 2.92. The van der Waals surface area contributed by atoms with Crippen LogP contribution in [0.2, 0.25) is 0 Å². The summed E-state index contributed by atoms with van der Waals surface area (Å²) in [6.45, 7) is 1.92. The highest BCUT2D eigenvalue weighted by molar-refractivity contribution is 7.71. The lowest BCUT2D eigenvalue weighted by molar-refractivity contribution is 0.608. The Morgan fingerprint density at radius 2 is 2.00 bits per heavy atom. The van der Waals surface area contributed by atoms with Gasteiger partial charge in [0, 0.05) is 5.56 Å². The number of hydrogen-bond donors (Lipinski definition) is 1. The molecule has 3 aromatic heterocycles. The molecule has 6 nitrogen and oxygen atoms in total. The minimum absolute atomic E-state index is 0.461. The van der Waals surface area contributed by atoms with Crippen LogP contribution in [0.3, 0.4) is 0 Å². The highest BCUT2D eigenvalue weighted by atomic mass is 32.1. The first-order valence-electron chi connectivity index (χ1n) is 6.04. The molecule has 3 heterocycles. The maximum atomic E-state index is 5.73. The molecule has 0 radical (unpaired) electrons. The van der Waals surface area contributed by atoms with Crippen molar-refractivity contribution in [3.05, 3.63) is 40.8 Å². The molecule has 0 fully saturated rings. The zero-order chi connectivity index (χ0) is 13.7. The lowest BCUT2D eigenvalue weighted by Gasteiger charge is -1.96. The number of aromatic amines is 1. The Bertz CT molecular complexity index is 983. The Balaban J connectivity index is 2.07. The van der Waals surface area contributed by atoms with E-state index in [1.165, 1.54) is 0 Å². The Morgan fingerprint density at radius 3 is 2.80 bits per heavy atom. The van der Waals surface area contributed by atoms with Gasteiger partial charge in [-0.2, -0.15) is 4.98 Å². The van der Waals surface area contributed by atoms with Crippen molar-refractivity contribution in [2.24, 2.45) is 0 Å². The zero-order valence-corrected chi connectivity index (χ0v) is 11.3. The second-order valence-electron chi connectivity index (χ2n) is 4.40. The van der Waals surface area contributed by atoms with E-state index in [1.54, 1.807) is 4.40 Å². The van der Waals surface area contributed by atoms with Crippen molar-refractivity contribution in [3.63, 3.8) is 0 Å². The Morgan fingerprint density at radius 1 is 1.20 bits per heavy atom. The third kappa shape index (κ3) is 1.50. The molecule has 0 spiro atoms. The number of H-pyrrole nitrogens is 1. The van der Waals surface area contributed by atoms with Crippen LogP contribution in [-0.4, -0.2) is 24.6 Å². The molecule has 0 aliphatic rings. The first-order chi connectivity index (χ1) is 9.74. The summed E-state index contributed by atoms with van der Waals surface area (Å²) in [7, 11) is 0. The van der Waals surface area contributed by atoms with E-state index in [0.717, 1.165) is 11.3 Å². The molecule has 0 unspecified atom stereocenters. The first kappa shape index (κ1) is 11.3. The lowest BCUT2D eigenvalue weighted by Crippen LogP contribution is -1.95. The van der Waals surface area contributed by atoms with Crippen molar-refractivity contribution in [2.75, 3.05) is 0 Å². The maximum Gasteiger partial charge on any atom is 0.257 e. The summed E-state index contributed by atoms with van der Waals surface area (Å²) in [4.78, 5) is 8.85. The van der Waals surface area contributed by atoms with Crippen LogP contribution in [0.1, 0.15) is 5.69 Å². The number of aryl methyl sites for hydroxylation is 1. The van der Waals surface area contributed by atoms with Gasteiger partial charge >= 0.3 is 0 Å². The number of rotatable bonds is 1. The van der Waals surface area contributed by atoms with Gasteiger partial charge in [0.05, 0.1) is 5.69 Å². The average molecular weight is 283 g/mol. The minimum Gasteiger partial charge on any atom is -0.417 e.